The Morgan fingerprint density at radius 1 is 1.08 bits per heavy atom. The van der Waals surface area contributed by atoms with E-state index < -0.39 is 0 Å². The van der Waals surface area contributed by atoms with Crippen LogP contribution < -0.4 is 0 Å². The van der Waals surface area contributed by atoms with Crippen molar-refractivity contribution in [3.05, 3.63) is 51.9 Å². The molecule has 0 saturated carbocycles. The normalized spacial score (nSPS) is 19.8. The number of rotatable bonds is 3. The van der Waals surface area contributed by atoms with E-state index in [9.17, 15) is 0 Å². The topological polar surface area (TPSA) is 41.9 Å². The highest BCUT2D eigenvalue weighted by Crippen LogP contribution is 2.32. The van der Waals surface area contributed by atoms with Gasteiger partial charge in [-0.1, -0.05) is 0 Å². The van der Waals surface area contributed by atoms with E-state index in [4.69, 9.17) is 4.98 Å². The maximum Gasteiger partial charge on any atom is 0.170 e. The van der Waals surface area contributed by atoms with Crippen LogP contribution in [0.3, 0.4) is 0 Å². The molecule has 1 fully saturated rings. The zero-order chi connectivity index (χ0) is 18.3. The molecule has 1 aliphatic heterocycles. The molecule has 4 rings (SSSR count). The molecule has 0 bridgehead atoms. The number of hydrogen-bond donors (Lipinski definition) is 0. The number of hydrogen-bond acceptors (Lipinski definition) is 5. The van der Waals surface area contributed by atoms with Crippen molar-refractivity contribution in [2.75, 3.05) is 13.1 Å². The summed E-state index contributed by atoms with van der Waals surface area (Å²) in [5.41, 5.74) is 5.70. The van der Waals surface area contributed by atoms with Crippen LogP contribution in [0.4, 0.5) is 0 Å². The van der Waals surface area contributed by atoms with Gasteiger partial charge in [0.05, 0.1) is 15.4 Å². The number of pyridine rings is 2. The highest BCUT2D eigenvalue weighted by molar-refractivity contribution is 7.18. The first-order valence-corrected chi connectivity index (χ1v) is 10.2. The fourth-order valence-corrected chi connectivity index (χ4v) is 4.86. The second-order valence-corrected chi connectivity index (χ2v) is 8.72. The van der Waals surface area contributed by atoms with E-state index in [1.54, 1.807) is 11.3 Å². The van der Waals surface area contributed by atoms with Gasteiger partial charge in [-0.3, -0.25) is 9.88 Å². The molecule has 136 valence electrons. The minimum atomic E-state index is 0.313. The number of aryl methyl sites for hydroxylation is 3. The van der Waals surface area contributed by atoms with Gasteiger partial charge in [-0.2, -0.15) is 0 Å². The Morgan fingerprint density at radius 2 is 1.85 bits per heavy atom. The minimum Gasteiger partial charge on any atom is -0.294 e. The number of likely N-dealkylation sites (tertiary alicyclic amines) is 1. The lowest BCUT2D eigenvalue weighted by molar-refractivity contribution is 0.156. The number of fused-ring (bicyclic) bond motifs is 1. The standard InChI is InChI=1S/C21H26N4S/c1-13-10-18(11-14(2)22-13)17-6-5-9-25(12-17)15(3)19-7-8-20-21(24-19)23-16(4)26-20/h7-8,10-11,15,17H,5-6,9,12H2,1-4H3. The Bertz CT molecular complexity index is 913. The van der Waals surface area contributed by atoms with Crippen LogP contribution in [0.5, 0.6) is 0 Å². The third-order valence-corrected chi connectivity index (χ3v) is 6.31. The molecule has 2 unspecified atom stereocenters. The van der Waals surface area contributed by atoms with Crippen molar-refractivity contribution in [3.63, 3.8) is 0 Å². The molecule has 26 heavy (non-hydrogen) atoms. The smallest absolute Gasteiger partial charge is 0.170 e. The maximum atomic E-state index is 4.84. The molecular formula is C21H26N4S. The quantitative estimate of drug-likeness (QED) is 0.657. The Balaban J connectivity index is 1.56. The molecule has 0 aliphatic carbocycles. The molecule has 0 N–H and O–H groups in total. The molecule has 2 atom stereocenters. The summed E-state index contributed by atoms with van der Waals surface area (Å²) in [7, 11) is 0. The predicted molar refractivity (Wildman–Crippen MR) is 108 cm³/mol. The average molecular weight is 367 g/mol. The number of piperidine rings is 1. The molecule has 0 radical (unpaired) electrons. The van der Waals surface area contributed by atoms with Crippen molar-refractivity contribution < 1.29 is 0 Å². The molecule has 1 saturated heterocycles. The summed E-state index contributed by atoms with van der Waals surface area (Å²) in [6.07, 6.45) is 2.48. The van der Waals surface area contributed by atoms with Gasteiger partial charge in [0.1, 0.15) is 0 Å². The molecule has 4 heterocycles. The van der Waals surface area contributed by atoms with Crippen LogP contribution in [0.15, 0.2) is 24.3 Å². The van der Waals surface area contributed by atoms with E-state index in [0.717, 1.165) is 40.8 Å². The van der Waals surface area contributed by atoms with Gasteiger partial charge in [-0.15, -0.1) is 11.3 Å². The fourth-order valence-electron chi connectivity index (χ4n) is 4.09. The van der Waals surface area contributed by atoms with Crippen LogP contribution in [0.25, 0.3) is 10.3 Å². The summed E-state index contributed by atoms with van der Waals surface area (Å²) in [6, 6.07) is 9.18. The molecule has 3 aromatic rings. The molecule has 3 aromatic heterocycles. The summed E-state index contributed by atoms with van der Waals surface area (Å²) < 4.78 is 1.18. The van der Waals surface area contributed by atoms with Crippen LogP contribution in [0.2, 0.25) is 0 Å². The number of aromatic nitrogens is 3. The monoisotopic (exact) mass is 366 g/mol. The van der Waals surface area contributed by atoms with Gasteiger partial charge in [0.15, 0.2) is 5.65 Å². The molecule has 4 nitrogen and oxygen atoms in total. The van der Waals surface area contributed by atoms with Crippen molar-refractivity contribution in [2.24, 2.45) is 0 Å². The molecule has 0 spiro atoms. The van der Waals surface area contributed by atoms with E-state index in [1.165, 1.54) is 23.1 Å². The second-order valence-electron chi connectivity index (χ2n) is 7.48. The van der Waals surface area contributed by atoms with Gasteiger partial charge in [0.25, 0.3) is 0 Å². The van der Waals surface area contributed by atoms with E-state index >= 15 is 0 Å². The van der Waals surface area contributed by atoms with Gasteiger partial charge in [0, 0.05) is 24.0 Å². The summed E-state index contributed by atoms with van der Waals surface area (Å²) in [5.74, 6) is 0.580. The molecule has 0 aromatic carbocycles. The highest BCUT2D eigenvalue weighted by atomic mass is 32.1. The SMILES string of the molecule is Cc1cc(C2CCCN(C(C)c3ccc4sc(C)nc4n3)C2)cc(C)n1. The van der Waals surface area contributed by atoms with Crippen LogP contribution in [-0.4, -0.2) is 32.9 Å². The molecule has 5 heteroatoms. The van der Waals surface area contributed by atoms with E-state index in [0.29, 0.717) is 12.0 Å². The van der Waals surface area contributed by atoms with E-state index in [2.05, 4.69) is 59.9 Å². The zero-order valence-electron chi connectivity index (χ0n) is 16.0. The van der Waals surface area contributed by atoms with Gasteiger partial charge < -0.3 is 0 Å². The Morgan fingerprint density at radius 3 is 2.62 bits per heavy atom. The van der Waals surface area contributed by atoms with Gasteiger partial charge >= 0.3 is 0 Å². The Kier molecular flexibility index (Phi) is 4.76. The largest absolute Gasteiger partial charge is 0.294 e. The first kappa shape index (κ1) is 17.6. The average Bonchev–Trinajstić information content (AvgIpc) is 2.99. The Hall–Kier alpha value is -1.85. The fraction of sp³-hybridized carbons (Fsp3) is 0.476. The van der Waals surface area contributed by atoms with E-state index in [-0.39, 0.29) is 0 Å². The third kappa shape index (κ3) is 3.51. The summed E-state index contributed by atoms with van der Waals surface area (Å²) >= 11 is 1.72. The molecular weight excluding hydrogens is 340 g/mol. The highest BCUT2D eigenvalue weighted by Gasteiger charge is 2.26. The van der Waals surface area contributed by atoms with Crippen LogP contribution in [0, 0.1) is 20.8 Å². The summed E-state index contributed by atoms with van der Waals surface area (Å²) in [5, 5.41) is 1.08. The first-order chi connectivity index (χ1) is 12.5. The number of thiazole rings is 1. The van der Waals surface area contributed by atoms with Crippen molar-refractivity contribution in [3.8, 4) is 0 Å². The summed E-state index contributed by atoms with van der Waals surface area (Å²) in [4.78, 5) is 16.5. The summed E-state index contributed by atoms with van der Waals surface area (Å²) in [6.45, 7) is 10.7. The van der Waals surface area contributed by atoms with Gasteiger partial charge in [-0.05, 0) is 82.8 Å². The number of nitrogens with zero attached hydrogens (tertiary/aromatic N) is 4. The van der Waals surface area contributed by atoms with Crippen molar-refractivity contribution >= 4 is 21.7 Å². The lowest BCUT2D eigenvalue weighted by Gasteiger charge is -2.37. The van der Waals surface area contributed by atoms with Crippen molar-refractivity contribution in [2.45, 2.75) is 52.5 Å². The third-order valence-electron chi connectivity index (χ3n) is 5.39. The minimum absolute atomic E-state index is 0.313. The molecule has 0 amide bonds. The molecule has 1 aliphatic rings. The van der Waals surface area contributed by atoms with Crippen molar-refractivity contribution in [1.29, 1.82) is 0 Å². The Labute approximate surface area is 159 Å². The lowest BCUT2D eigenvalue weighted by Crippen LogP contribution is -2.36. The maximum absolute atomic E-state index is 4.84. The first-order valence-electron chi connectivity index (χ1n) is 9.43. The van der Waals surface area contributed by atoms with Crippen LogP contribution >= 0.6 is 11.3 Å². The van der Waals surface area contributed by atoms with E-state index in [1.807, 2.05) is 6.92 Å². The van der Waals surface area contributed by atoms with Crippen LogP contribution in [0.1, 0.15) is 59.4 Å². The van der Waals surface area contributed by atoms with Crippen molar-refractivity contribution in [1.82, 2.24) is 19.9 Å². The van der Waals surface area contributed by atoms with Gasteiger partial charge in [-0.25, -0.2) is 9.97 Å². The second kappa shape index (κ2) is 7.05. The van der Waals surface area contributed by atoms with Gasteiger partial charge in [0.2, 0.25) is 0 Å². The lowest BCUT2D eigenvalue weighted by atomic mass is 9.89. The predicted octanol–water partition coefficient (Wildman–Crippen LogP) is 4.95. The van der Waals surface area contributed by atoms with Crippen LogP contribution in [-0.2, 0) is 0 Å². The zero-order valence-corrected chi connectivity index (χ0v) is 16.8.